The molecule has 0 radical (unpaired) electrons. The van der Waals surface area contributed by atoms with Crippen LogP contribution in [0.2, 0.25) is 0 Å². The van der Waals surface area contributed by atoms with Crippen molar-refractivity contribution in [1.29, 1.82) is 0 Å². The Morgan fingerprint density at radius 3 is 2.65 bits per heavy atom. The largest absolute Gasteiger partial charge is 0.371 e. The summed E-state index contributed by atoms with van der Waals surface area (Å²) in [5.74, 6) is 4.20. The number of ether oxygens (including phenoxy) is 1. The monoisotopic (exact) mass is 372 g/mol. The van der Waals surface area contributed by atoms with Crippen LogP contribution in [-0.4, -0.2) is 40.2 Å². The molecule has 1 N–H and O–H groups in total. The summed E-state index contributed by atoms with van der Waals surface area (Å²) in [6.45, 7) is 9.69. The van der Waals surface area contributed by atoms with Crippen LogP contribution in [0.4, 0.5) is 11.6 Å². The summed E-state index contributed by atoms with van der Waals surface area (Å²) < 4.78 is 5.87. The van der Waals surface area contributed by atoms with Crippen LogP contribution in [0.3, 0.4) is 0 Å². The standard InChI is InChI=1S/C20H28N4OS/c1-20(2,3)25-14-17-6-4-5-16(11-17)13-21-18-12-19(23-15-22-18)24-7-9-26-10-8-24/h4-6,11-12,15H,7-10,13-14H2,1-3H3,(H,21,22,23). The van der Waals surface area contributed by atoms with Gasteiger partial charge in [-0.2, -0.15) is 11.8 Å². The molecule has 0 bridgehead atoms. The molecule has 0 spiro atoms. The van der Waals surface area contributed by atoms with Crippen LogP contribution in [0.5, 0.6) is 0 Å². The van der Waals surface area contributed by atoms with Crippen LogP contribution >= 0.6 is 11.8 Å². The van der Waals surface area contributed by atoms with E-state index in [1.807, 2.05) is 17.8 Å². The van der Waals surface area contributed by atoms with Gasteiger partial charge in [-0.1, -0.05) is 24.3 Å². The molecule has 1 aliphatic rings. The second kappa shape index (κ2) is 8.73. The molecule has 5 nitrogen and oxygen atoms in total. The molecule has 1 fully saturated rings. The van der Waals surface area contributed by atoms with E-state index in [4.69, 9.17) is 4.74 Å². The molecular formula is C20H28N4OS. The lowest BCUT2D eigenvalue weighted by Crippen LogP contribution is -2.33. The molecule has 1 aromatic carbocycles. The predicted molar refractivity (Wildman–Crippen MR) is 110 cm³/mol. The third-order valence-corrected chi connectivity index (χ3v) is 5.07. The lowest BCUT2D eigenvalue weighted by Gasteiger charge is -2.27. The van der Waals surface area contributed by atoms with Crippen molar-refractivity contribution in [3.8, 4) is 0 Å². The minimum absolute atomic E-state index is 0.126. The second-order valence-electron chi connectivity index (χ2n) is 7.44. The van der Waals surface area contributed by atoms with Gasteiger partial charge >= 0.3 is 0 Å². The molecule has 140 valence electrons. The molecule has 0 amide bonds. The van der Waals surface area contributed by atoms with E-state index in [0.717, 1.165) is 42.8 Å². The summed E-state index contributed by atoms with van der Waals surface area (Å²) in [6, 6.07) is 10.5. The van der Waals surface area contributed by atoms with Gasteiger partial charge < -0.3 is 15.0 Å². The molecule has 1 aliphatic heterocycles. The van der Waals surface area contributed by atoms with Crippen molar-refractivity contribution < 1.29 is 4.74 Å². The highest BCUT2D eigenvalue weighted by atomic mass is 32.2. The molecule has 0 unspecified atom stereocenters. The zero-order chi connectivity index (χ0) is 18.4. The number of rotatable bonds is 6. The summed E-state index contributed by atoms with van der Waals surface area (Å²) in [4.78, 5) is 11.1. The van der Waals surface area contributed by atoms with Crippen LogP contribution in [0.1, 0.15) is 31.9 Å². The van der Waals surface area contributed by atoms with Gasteiger partial charge in [0.15, 0.2) is 0 Å². The highest BCUT2D eigenvalue weighted by Crippen LogP contribution is 2.19. The third kappa shape index (κ3) is 5.88. The maximum atomic E-state index is 5.87. The van der Waals surface area contributed by atoms with Crippen molar-refractivity contribution in [1.82, 2.24) is 9.97 Å². The Labute approximate surface area is 160 Å². The first kappa shape index (κ1) is 19.0. The number of thioether (sulfide) groups is 1. The summed E-state index contributed by atoms with van der Waals surface area (Å²) in [6.07, 6.45) is 1.65. The summed E-state index contributed by atoms with van der Waals surface area (Å²) in [5, 5.41) is 3.42. The van der Waals surface area contributed by atoms with Crippen LogP contribution in [-0.2, 0) is 17.9 Å². The number of nitrogens with one attached hydrogen (secondary N) is 1. The number of nitrogens with zero attached hydrogens (tertiary/aromatic N) is 3. The molecule has 0 aliphatic carbocycles. The molecule has 0 saturated carbocycles. The normalized spacial score (nSPS) is 15.1. The lowest BCUT2D eigenvalue weighted by atomic mass is 10.1. The van der Waals surface area contributed by atoms with Gasteiger partial charge in [0.2, 0.25) is 0 Å². The van der Waals surface area contributed by atoms with E-state index in [2.05, 4.69) is 65.2 Å². The first-order valence-electron chi connectivity index (χ1n) is 9.10. The summed E-state index contributed by atoms with van der Waals surface area (Å²) in [5.41, 5.74) is 2.28. The fourth-order valence-electron chi connectivity index (χ4n) is 2.73. The van der Waals surface area contributed by atoms with E-state index in [1.54, 1.807) is 6.33 Å². The molecule has 0 atom stereocenters. The van der Waals surface area contributed by atoms with Crippen LogP contribution in [0.15, 0.2) is 36.7 Å². The van der Waals surface area contributed by atoms with E-state index in [9.17, 15) is 0 Å². The number of benzene rings is 1. The van der Waals surface area contributed by atoms with Gasteiger partial charge in [-0.25, -0.2) is 9.97 Å². The van der Waals surface area contributed by atoms with Crippen LogP contribution in [0.25, 0.3) is 0 Å². The Kier molecular flexibility index (Phi) is 6.38. The van der Waals surface area contributed by atoms with E-state index < -0.39 is 0 Å². The first-order chi connectivity index (χ1) is 12.5. The van der Waals surface area contributed by atoms with Crippen molar-refractivity contribution >= 4 is 23.4 Å². The zero-order valence-corrected chi connectivity index (χ0v) is 16.7. The van der Waals surface area contributed by atoms with Gasteiger partial charge in [-0.05, 0) is 31.9 Å². The quantitative estimate of drug-likeness (QED) is 0.828. The van der Waals surface area contributed by atoms with Crippen LogP contribution < -0.4 is 10.2 Å². The van der Waals surface area contributed by atoms with Crippen molar-refractivity contribution in [2.24, 2.45) is 0 Å². The van der Waals surface area contributed by atoms with Crippen molar-refractivity contribution in [2.45, 2.75) is 39.5 Å². The van der Waals surface area contributed by atoms with Crippen LogP contribution in [0, 0.1) is 0 Å². The van der Waals surface area contributed by atoms with Gasteiger partial charge in [-0.3, -0.25) is 0 Å². The van der Waals surface area contributed by atoms with Gasteiger partial charge in [0.1, 0.15) is 18.0 Å². The minimum atomic E-state index is -0.126. The molecule has 1 saturated heterocycles. The Morgan fingerprint density at radius 1 is 1.12 bits per heavy atom. The minimum Gasteiger partial charge on any atom is -0.371 e. The van der Waals surface area contributed by atoms with E-state index in [-0.39, 0.29) is 5.60 Å². The fraction of sp³-hybridized carbons (Fsp3) is 0.500. The van der Waals surface area contributed by atoms with Crippen molar-refractivity contribution in [3.63, 3.8) is 0 Å². The Morgan fingerprint density at radius 2 is 1.88 bits per heavy atom. The molecule has 6 heteroatoms. The van der Waals surface area contributed by atoms with Crippen molar-refractivity contribution in [3.05, 3.63) is 47.8 Å². The van der Waals surface area contributed by atoms with Crippen molar-refractivity contribution in [2.75, 3.05) is 34.8 Å². The molecule has 3 rings (SSSR count). The molecule has 26 heavy (non-hydrogen) atoms. The lowest BCUT2D eigenvalue weighted by molar-refractivity contribution is -0.0149. The van der Waals surface area contributed by atoms with E-state index in [1.165, 1.54) is 11.1 Å². The Hall–Kier alpha value is -1.79. The predicted octanol–water partition coefficient (Wildman–Crippen LogP) is 3.96. The Balaban J connectivity index is 1.58. The molecule has 2 aromatic rings. The molecule has 1 aromatic heterocycles. The first-order valence-corrected chi connectivity index (χ1v) is 10.3. The van der Waals surface area contributed by atoms with Gasteiger partial charge in [0, 0.05) is 37.2 Å². The summed E-state index contributed by atoms with van der Waals surface area (Å²) in [7, 11) is 0. The maximum absolute atomic E-state index is 5.87. The van der Waals surface area contributed by atoms with Gasteiger partial charge in [0.05, 0.1) is 12.2 Å². The highest BCUT2D eigenvalue weighted by molar-refractivity contribution is 7.99. The zero-order valence-electron chi connectivity index (χ0n) is 15.9. The average Bonchev–Trinajstić information content (AvgIpc) is 2.66. The smallest absolute Gasteiger partial charge is 0.134 e. The Bertz CT molecular complexity index is 711. The number of anilines is 2. The van der Waals surface area contributed by atoms with E-state index >= 15 is 0 Å². The molecular weight excluding hydrogens is 344 g/mol. The number of hydrogen-bond donors (Lipinski definition) is 1. The molecule has 2 heterocycles. The topological polar surface area (TPSA) is 50.3 Å². The second-order valence-corrected chi connectivity index (χ2v) is 8.66. The van der Waals surface area contributed by atoms with E-state index in [0.29, 0.717) is 6.61 Å². The highest BCUT2D eigenvalue weighted by Gasteiger charge is 2.13. The fourth-order valence-corrected chi connectivity index (χ4v) is 3.63. The van der Waals surface area contributed by atoms with Gasteiger partial charge in [0.25, 0.3) is 0 Å². The number of hydrogen-bond acceptors (Lipinski definition) is 6. The number of aromatic nitrogens is 2. The SMILES string of the molecule is CC(C)(C)OCc1cccc(CNc2cc(N3CCSCC3)ncn2)c1. The summed E-state index contributed by atoms with van der Waals surface area (Å²) >= 11 is 2.00. The average molecular weight is 373 g/mol. The van der Waals surface area contributed by atoms with Gasteiger partial charge in [-0.15, -0.1) is 0 Å². The third-order valence-electron chi connectivity index (χ3n) is 4.12. The maximum Gasteiger partial charge on any atom is 0.134 e.